The smallest absolute Gasteiger partial charge is 0.00669 e. The highest BCUT2D eigenvalue weighted by atomic mass is 14.9. The zero-order valence-electron chi connectivity index (χ0n) is 9.05. The SMILES string of the molecule is CNC1CCC2CCC(C)CC2C1. The molecule has 13 heavy (non-hydrogen) atoms. The van der Waals surface area contributed by atoms with Crippen LogP contribution < -0.4 is 5.32 Å². The minimum atomic E-state index is 0.826. The molecule has 0 spiro atoms. The van der Waals surface area contributed by atoms with Crippen LogP contribution in [0.1, 0.15) is 45.4 Å². The van der Waals surface area contributed by atoms with Gasteiger partial charge in [-0.25, -0.2) is 0 Å². The molecule has 1 N–H and O–H groups in total. The van der Waals surface area contributed by atoms with Crippen LogP contribution in [0.5, 0.6) is 0 Å². The molecule has 2 aliphatic carbocycles. The Balaban J connectivity index is 1.91. The Morgan fingerprint density at radius 1 is 0.923 bits per heavy atom. The minimum absolute atomic E-state index is 0.826. The average molecular weight is 181 g/mol. The summed E-state index contributed by atoms with van der Waals surface area (Å²) in [6.45, 7) is 2.43. The van der Waals surface area contributed by atoms with Gasteiger partial charge in [-0.3, -0.25) is 0 Å². The van der Waals surface area contributed by atoms with Crippen molar-refractivity contribution in [1.82, 2.24) is 5.32 Å². The van der Waals surface area contributed by atoms with E-state index in [9.17, 15) is 0 Å². The molecule has 0 saturated heterocycles. The van der Waals surface area contributed by atoms with E-state index in [1.54, 1.807) is 0 Å². The van der Waals surface area contributed by atoms with Crippen molar-refractivity contribution < 1.29 is 0 Å². The molecule has 0 bridgehead atoms. The quantitative estimate of drug-likeness (QED) is 0.656. The Labute approximate surface area is 82.3 Å². The molecule has 0 aromatic rings. The Kier molecular flexibility index (Phi) is 2.92. The highest BCUT2D eigenvalue weighted by Crippen LogP contribution is 2.42. The molecule has 0 amide bonds. The molecule has 2 aliphatic rings. The zero-order valence-corrected chi connectivity index (χ0v) is 9.05. The van der Waals surface area contributed by atoms with E-state index in [-0.39, 0.29) is 0 Å². The fourth-order valence-corrected chi connectivity index (χ4v) is 3.39. The number of hydrogen-bond acceptors (Lipinski definition) is 1. The van der Waals surface area contributed by atoms with Gasteiger partial charge in [-0.15, -0.1) is 0 Å². The van der Waals surface area contributed by atoms with Crippen molar-refractivity contribution in [1.29, 1.82) is 0 Å². The lowest BCUT2D eigenvalue weighted by Crippen LogP contribution is -2.38. The van der Waals surface area contributed by atoms with Crippen molar-refractivity contribution in [3.8, 4) is 0 Å². The largest absolute Gasteiger partial charge is 0.317 e. The normalized spacial score (nSPS) is 45.7. The molecule has 76 valence electrons. The second-order valence-electron chi connectivity index (χ2n) is 5.24. The van der Waals surface area contributed by atoms with E-state index in [1.807, 2.05) is 0 Å². The molecule has 1 nitrogen and oxygen atoms in total. The molecule has 0 aliphatic heterocycles. The molecule has 2 fully saturated rings. The van der Waals surface area contributed by atoms with E-state index in [0.717, 1.165) is 23.8 Å². The summed E-state index contributed by atoms with van der Waals surface area (Å²) >= 11 is 0. The van der Waals surface area contributed by atoms with Crippen molar-refractivity contribution in [2.75, 3.05) is 7.05 Å². The summed E-state index contributed by atoms with van der Waals surface area (Å²) in [6.07, 6.45) is 8.87. The van der Waals surface area contributed by atoms with Gasteiger partial charge in [-0.1, -0.05) is 13.3 Å². The molecule has 0 heterocycles. The second-order valence-corrected chi connectivity index (χ2v) is 5.24. The van der Waals surface area contributed by atoms with Gasteiger partial charge in [0.25, 0.3) is 0 Å². The molecule has 1 heteroatoms. The van der Waals surface area contributed by atoms with Crippen molar-refractivity contribution in [3.63, 3.8) is 0 Å². The topological polar surface area (TPSA) is 12.0 Å². The van der Waals surface area contributed by atoms with Crippen molar-refractivity contribution in [3.05, 3.63) is 0 Å². The molecule has 0 aromatic carbocycles. The second kappa shape index (κ2) is 4.00. The Hall–Kier alpha value is -0.0400. The van der Waals surface area contributed by atoms with Crippen LogP contribution in [0.2, 0.25) is 0 Å². The Bertz CT molecular complexity index is 167. The molecule has 4 atom stereocenters. The summed E-state index contributed by atoms with van der Waals surface area (Å²) in [4.78, 5) is 0. The molecule has 2 saturated carbocycles. The van der Waals surface area contributed by atoms with Gasteiger partial charge in [-0.05, 0) is 56.9 Å². The van der Waals surface area contributed by atoms with Gasteiger partial charge in [0.15, 0.2) is 0 Å². The van der Waals surface area contributed by atoms with Crippen LogP contribution in [0.4, 0.5) is 0 Å². The van der Waals surface area contributed by atoms with Crippen molar-refractivity contribution >= 4 is 0 Å². The fraction of sp³-hybridized carbons (Fsp3) is 1.00. The van der Waals surface area contributed by atoms with E-state index >= 15 is 0 Å². The van der Waals surface area contributed by atoms with Gasteiger partial charge < -0.3 is 5.32 Å². The maximum absolute atomic E-state index is 3.45. The number of fused-ring (bicyclic) bond motifs is 1. The zero-order chi connectivity index (χ0) is 9.26. The monoisotopic (exact) mass is 181 g/mol. The highest BCUT2D eigenvalue weighted by Gasteiger charge is 2.33. The van der Waals surface area contributed by atoms with Crippen LogP contribution >= 0.6 is 0 Å². The maximum Gasteiger partial charge on any atom is 0.00669 e. The standard InChI is InChI=1S/C12H23N/c1-9-3-4-10-5-6-12(13-2)8-11(10)7-9/h9-13H,3-8H2,1-2H3. The van der Waals surface area contributed by atoms with Crippen LogP contribution in [-0.2, 0) is 0 Å². The van der Waals surface area contributed by atoms with Crippen LogP contribution in [0.3, 0.4) is 0 Å². The van der Waals surface area contributed by atoms with Crippen molar-refractivity contribution in [2.45, 2.75) is 51.5 Å². The van der Waals surface area contributed by atoms with Crippen molar-refractivity contribution in [2.24, 2.45) is 17.8 Å². The third kappa shape index (κ3) is 2.07. The third-order valence-corrected chi connectivity index (χ3v) is 4.28. The summed E-state index contributed by atoms with van der Waals surface area (Å²) in [5.74, 6) is 3.13. The Morgan fingerprint density at radius 3 is 2.46 bits per heavy atom. The molecule has 4 unspecified atom stereocenters. The summed E-state index contributed by atoms with van der Waals surface area (Å²) in [6, 6.07) is 0.826. The van der Waals surface area contributed by atoms with Gasteiger partial charge in [-0.2, -0.15) is 0 Å². The van der Waals surface area contributed by atoms with E-state index in [2.05, 4.69) is 19.3 Å². The van der Waals surface area contributed by atoms with Gasteiger partial charge >= 0.3 is 0 Å². The lowest BCUT2D eigenvalue weighted by atomic mass is 9.67. The van der Waals surface area contributed by atoms with E-state index in [1.165, 1.54) is 38.5 Å². The van der Waals surface area contributed by atoms with E-state index < -0.39 is 0 Å². The number of nitrogens with one attached hydrogen (secondary N) is 1. The summed E-state index contributed by atoms with van der Waals surface area (Å²) < 4.78 is 0. The molecule has 0 radical (unpaired) electrons. The first-order chi connectivity index (χ1) is 6.29. The fourth-order valence-electron chi connectivity index (χ4n) is 3.39. The van der Waals surface area contributed by atoms with Crippen LogP contribution in [0.15, 0.2) is 0 Å². The number of rotatable bonds is 1. The Morgan fingerprint density at radius 2 is 1.69 bits per heavy atom. The third-order valence-electron chi connectivity index (χ3n) is 4.28. The lowest BCUT2D eigenvalue weighted by molar-refractivity contribution is 0.118. The van der Waals surface area contributed by atoms with E-state index in [0.29, 0.717) is 0 Å². The van der Waals surface area contributed by atoms with Gasteiger partial charge in [0, 0.05) is 6.04 Å². The molecular weight excluding hydrogens is 158 g/mol. The molecule has 2 rings (SSSR count). The first kappa shape index (κ1) is 9.51. The highest BCUT2D eigenvalue weighted by molar-refractivity contribution is 4.87. The minimum Gasteiger partial charge on any atom is -0.317 e. The van der Waals surface area contributed by atoms with Gasteiger partial charge in [0.05, 0.1) is 0 Å². The summed E-state index contributed by atoms with van der Waals surface area (Å²) in [7, 11) is 2.12. The predicted molar refractivity (Wildman–Crippen MR) is 56.7 cm³/mol. The molecular formula is C12H23N. The maximum atomic E-state index is 3.45. The summed E-state index contributed by atoms with van der Waals surface area (Å²) in [5, 5.41) is 3.45. The predicted octanol–water partition coefficient (Wildman–Crippen LogP) is 2.81. The summed E-state index contributed by atoms with van der Waals surface area (Å²) in [5.41, 5.74) is 0. The van der Waals surface area contributed by atoms with Crippen LogP contribution in [0, 0.1) is 17.8 Å². The van der Waals surface area contributed by atoms with Gasteiger partial charge in [0.2, 0.25) is 0 Å². The van der Waals surface area contributed by atoms with E-state index in [4.69, 9.17) is 0 Å². The number of hydrogen-bond donors (Lipinski definition) is 1. The first-order valence-corrected chi connectivity index (χ1v) is 5.97. The molecule has 0 aromatic heterocycles. The van der Waals surface area contributed by atoms with Crippen LogP contribution in [-0.4, -0.2) is 13.1 Å². The first-order valence-electron chi connectivity index (χ1n) is 5.97. The lowest BCUT2D eigenvalue weighted by Gasteiger charge is -2.41. The van der Waals surface area contributed by atoms with Gasteiger partial charge in [0.1, 0.15) is 0 Å². The average Bonchev–Trinajstić information content (AvgIpc) is 2.16. The van der Waals surface area contributed by atoms with Crippen LogP contribution in [0.25, 0.3) is 0 Å².